The maximum Gasteiger partial charge on any atom is 0.339 e. The molecule has 4 aromatic carbocycles. The van der Waals surface area contributed by atoms with Gasteiger partial charge in [-0.2, -0.15) is 5.26 Å². The van der Waals surface area contributed by atoms with Crippen molar-refractivity contribution in [2.75, 3.05) is 16.0 Å². The summed E-state index contributed by atoms with van der Waals surface area (Å²) in [7, 11) is 0. The van der Waals surface area contributed by atoms with Crippen LogP contribution in [0.5, 0.6) is 11.5 Å². The van der Waals surface area contributed by atoms with Gasteiger partial charge in [0.05, 0.1) is 17.6 Å². The molecule has 58 heavy (non-hydrogen) atoms. The smallest absolute Gasteiger partial charge is 0.339 e. The fourth-order valence-electron chi connectivity index (χ4n) is 6.01. The Morgan fingerprint density at radius 3 is 1.93 bits per heavy atom. The lowest BCUT2D eigenvalue weighted by Crippen LogP contribution is -2.25. The van der Waals surface area contributed by atoms with Gasteiger partial charge in [-0.1, -0.05) is 30.3 Å². The van der Waals surface area contributed by atoms with Crippen molar-refractivity contribution >= 4 is 52.3 Å². The van der Waals surface area contributed by atoms with Gasteiger partial charge in [0.25, 0.3) is 11.8 Å². The molecule has 0 fully saturated rings. The molecule has 1 heterocycles. The summed E-state index contributed by atoms with van der Waals surface area (Å²) in [6, 6.07) is 25.1. The molecule has 5 aromatic rings. The largest absolute Gasteiger partial charge is 0.507 e. The van der Waals surface area contributed by atoms with Crippen LogP contribution in [0.15, 0.2) is 97.2 Å². The third-order valence-electron chi connectivity index (χ3n) is 9.45. The Kier molecular flexibility index (Phi) is 13.4. The van der Waals surface area contributed by atoms with E-state index in [2.05, 4.69) is 20.9 Å². The number of rotatable bonds is 16. The number of aryl methyl sites for hydroxylation is 1. The SMILES string of the molecule is Cc1c(NC(=O)c2ccc(NC(=O)c3ccc(NC(=O)C(CC#N)CC(=O)c4ccc(CC(=O)CCc5ccccn5)cc4)cc3)c(C)c2O)ccc(C(=O)O)c1O. The Balaban J connectivity index is 1.15. The number of carbonyl (C=O) groups excluding carboxylic acids is 5. The third kappa shape index (κ3) is 10.3. The van der Waals surface area contributed by atoms with Crippen molar-refractivity contribution in [1.82, 2.24) is 4.98 Å². The Morgan fingerprint density at radius 1 is 0.724 bits per heavy atom. The van der Waals surface area contributed by atoms with E-state index in [4.69, 9.17) is 0 Å². The fourth-order valence-corrected chi connectivity index (χ4v) is 6.01. The highest BCUT2D eigenvalue weighted by Crippen LogP contribution is 2.32. The van der Waals surface area contributed by atoms with Crippen molar-refractivity contribution < 1.29 is 44.1 Å². The molecule has 0 bridgehead atoms. The minimum atomic E-state index is -1.34. The van der Waals surface area contributed by atoms with Gasteiger partial charge >= 0.3 is 5.97 Å². The monoisotopic (exact) mass is 781 g/mol. The molecule has 1 atom stereocenters. The molecule has 0 saturated heterocycles. The van der Waals surface area contributed by atoms with Gasteiger partial charge < -0.3 is 31.3 Å². The lowest BCUT2D eigenvalue weighted by atomic mass is 9.94. The number of benzene rings is 4. The van der Waals surface area contributed by atoms with E-state index < -0.39 is 41.1 Å². The van der Waals surface area contributed by atoms with Gasteiger partial charge in [0.2, 0.25) is 5.91 Å². The molecule has 6 N–H and O–H groups in total. The summed E-state index contributed by atoms with van der Waals surface area (Å²) in [5.74, 6) is -5.37. The number of carbonyl (C=O) groups is 6. The summed E-state index contributed by atoms with van der Waals surface area (Å²) in [6.07, 6.45) is 2.34. The second-order valence-corrected chi connectivity index (χ2v) is 13.5. The minimum Gasteiger partial charge on any atom is -0.507 e. The average molecular weight is 782 g/mol. The van der Waals surface area contributed by atoms with E-state index in [0.29, 0.717) is 24.1 Å². The first-order valence-corrected chi connectivity index (χ1v) is 18.1. The molecule has 0 aliphatic rings. The molecule has 0 aliphatic carbocycles. The number of carboxylic acid groups (broad SMARTS) is 1. The number of aromatic nitrogens is 1. The van der Waals surface area contributed by atoms with Crippen LogP contribution in [0.1, 0.15) is 83.1 Å². The van der Waals surface area contributed by atoms with E-state index in [1.54, 1.807) is 30.5 Å². The molecule has 1 aromatic heterocycles. The number of nitrogens with one attached hydrogen (secondary N) is 3. The number of Topliss-reactive ketones (excluding diaryl/α,β-unsaturated/α-hetero) is 2. The number of pyridine rings is 1. The number of nitriles is 1. The van der Waals surface area contributed by atoms with Gasteiger partial charge in [0.15, 0.2) is 5.78 Å². The lowest BCUT2D eigenvalue weighted by molar-refractivity contribution is -0.120. The predicted octanol–water partition coefficient (Wildman–Crippen LogP) is 6.80. The van der Waals surface area contributed by atoms with Crippen LogP contribution < -0.4 is 16.0 Å². The number of hydrogen-bond acceptors (Lipinski definition) is 10. The number of ketones is 2. The second kappa shape index (κ2) is 18.8. The molecule has 0 aliphatic heterocycles. The molecular weight excluding hydrogens is 743 g/mol. The van der Waals surface area contributed by atoms with Crippen molar-refractivity contribution in [3.8, 4) is 17.6 Å². The first-order valence-electron chi connectivity index (χ1n) is 18.1. The van der Waals surface area contributed by atoms with Gasteiger partial charge in [-0.25, -0.2) is 4.79 Å². The highest BCUT2D eigenvalue weighted by molar-refractivity contribution is 6.09. The standard InChI is InChI=1S/C44H39N5O9/c1-25-36(18-16-34(39(25)52)43(56)49-37-19-17-35(44(57)58)40(53)26(37)2)48-41(54)29-10-12-32(13-11-29)47-42(55)30(20-21-45)24-38(51)28-8-6-27(7-9-28)23-33(50)15-14-31-5-3-4-22-46-31/h3-13,16-19,22,30,52-53H,14-15,20,23-24H2,1-2H3,(H,47,55)(H,48,54)(H,49,56)(H,57,58). The molecule has 14 heteroatoms. The van der Waals surface area contributed by atoms with E-state index in [1.165, 1.54) is 56.3 Å². The summed E-state index contributed by atoms with van der Waals surface area (Å²) in [5.41, 5.74) is 2.62. The fraction of sp³-hybridized carbons (Fsp3) is 0.182. The summed E-state index contributed by atoms with van der Waals surface area (Å²) < 4.78 is 0. The van der Waals surface area contributed by atoms with E-state index in [0.717, 1.165) is 17.3 Å². The number of aromatic carboxylic acids is 1. The molecule has 0 saturated carbocycles. The number of hydrogen-bond donors (Lipinski definition) is 6. The van der Waals surface area contributed by atoms with Crippen molar-refractivity contribution in [2.24, 2.45) is 5.92 Å². The Morgan fingerprint density at radius 2 is 1.33 bits per heavy atom. The summed E-state index contributed by atoms with van der Waals surface area (Å²) in [6.45, 7) is 2.92. The number of aromatic hydroxyl groups is 2. The molecule has 0 spiro atoms. The first-order chi connectivity index (χ1) is 27.7. The van der Waals surface area contributed by atoms with Gasteiger partial charge in [0, 0.05) is 76.9 Å². The Hall–Kier alpha value is -7.66. The molecular formula is C44H39N5O9. The normalized spacial score (nSPS) is 11.1. The molecule has 14 nitrogen and oxygen atoms in total. The van der Waals surface area contributed by atoms with Crippen molar-refractivity contribution in [3.05, 3.63) is 142 Å². The van der Waals surface area contributed by atoms with Crippen molar-refractivity contribution in [1.29, 1.82) is 5.26 Å². The zero-order valence-corrected chi connectivity index (χ0v) is 31.5. The second-order valence-electron chi connectivity index (χ2n) is 13.5. The Bertz CT molecular complexity index is 2420. The van der Waals surface area contributed by atoms with E-state index >= 15 is 0 Å². The summed E-state index contributed by atoms with van der Waals surface area (Å²) in [4.78, 5) is 80.4. The van der Waals surface area contributed by atoms with E-state index in [9.17, 15) is 49.3 Å². The van der Waals surface area contributed by atoms with Crippen molar-refractivity contribution in [3.63, 3.8) is 0 Å². The highest BCUT2D eigenvalue weighted by atomic mass is 16.4. The van der Waals surface area contributed by atoms with Crippen LogP contribution >= 0.6 is 0 Å². The topological polar surface area (TPSA) is 236 Å². The lowest BCUT2D eigenvalue weighted by Gasteiger charge is -2.15. The predicted molar refractivity (Wildman–Crippen MR) is 214 cm³/mol. The van der Waals surface area contributed by atoms with Gasteiger partial charge in [-0.15, -0.1) is 0 Å². The highest BCUT2D eigenvalue weighted by Gasteiger charge is 2.24. The molecule has 3 amide bonds. The maximum atomic E-state index is 13.2. The number of phenols is 2. The molecule has 1 unspecified atom stereocenters. The third-order valence-corrected chi connectivity index (χ3v) is 9.45. The van der Waals surface area contributed by atoms with Crippen LogP contribution in [-0.4, -0.2) is 55.6 Å². The van der Waals surface area contributed by atoms with Crippen LogP contribution in [0.25, 0.3) is 0 Å². The number of carboxylic acids is 1. The van der Waals surface area contributed by atoms with Crippen LogP contribution in [0, 0.1) is 31.1 Å². The quantitative estimate of drug-likeness (QED) is 0.0570. The van der Waals surface area contributed by atoms with E-state index in [1.807, 2.05) is 24.3 Å². The molecule has 294 valence electrons. The van der Waals surface area contributed by atoms with Gasteiger partial charge in [-0.05, 0) is 86.5 Å². The number of phenolic OH excluding ortho intramolecular Hbond substituents is 1. The molecule has 5 rings (SSSR count). The summed E-state index contributed by atoms with van der Waals surface area (Å²) in [5, 5.41) is 47.5. The minimum absolute atomic E-state index is 0.0403. The first kappa shape index (κ1) is 41.5. The van der Waals surface area contributed by atoms with E-state index in [-0.39, 0.29) is 70.0 Å². The number of anilines is 3. The Labute approximate surface area is 333 Å². The maximum absolute atomic E-state index is 13.2. The van der Waals surface area contributed by atoms with Crippen molar-refractivity contribution in [2.45, 2.75) is 46.0 Å². The zero-order chi connectivity index (χ0) is 41.9. The van der Waals surface area contributed by atoms with Crippen LogP contribution in [0.2, 0.25) is 0 Å². The van der Waals surface area contributed by atoms with Gasteiger partial charge in [-0.3, -0.25) is 29.0 Å². The zero-order valence-electron chi connectivity index (χ0n) is 31.5. The average Bonchev–Trinajstić information content (AvgIpc) is 3.21. The van der Waals surface area contributed by atoms with Crippen LogP contribution in [-0.2, 0) is 22.4 Å². The van der Waals surface area contributed by atoms with Gasteiger partial charge in [0.1, 0.15) is 22.8 Å². The number of amides is 3. The number of nitrogens with zero attached hydrogens (tertiary/aromatic N) is 2. The summed E-state index contributed by atoms with van der Waals surface area (Å²) >= 11 is 0. The van der Waals surface area contributed by atoms with Crippen LogP contribution in [0.3, 0.4) is 0 Å². The van der Waals surface area contributed by atoms with Crippen LogP contribution in [0.4, 0.5) is 17.1 Å². The molecule has 0 radical (unpaired) electrons.